The molecule has 7 heteroatoms. The van der Waals surface area contributed by atoms with Gasteiger partial charge in [-0.15, -0.1) is 0 Å². The molecule has 0 amide bonds. The summed E-state index contributed by atoms with van der Waals surface area (Å²) in [6.07, 6.45) is 0. The van der Waals surface area contributed by atoms with Crippen LogP contribution in [0.3, 0.4) is 0 Å². The Hall–Kier alpha value is -2.57. The van der Waals surface area contributed by atoms with E-state index in [0.29, 0.717) is 22.6 Å². The van der Waals surface area contributed by atoms with Gasteiger partial charge in [0.1, 0.15) is 0 Å². The SMILES string of the molecule is Cc1[nH]c(=O)c([N+](=O)[O-])c2cc3c(cc12)OCO3. The molecule has 3 rings (SSSR count). The number of H-pyrrole nitrogens is 1. The van der Waals surface area contributed by atoms with Crippen molar-refractivity contribution in [3.05, 3.63) is 38.3 Å². The molecule has 0 spiro atoms. The minimum Gasteiger partial charge on any atom is -0.454 e. The van der Waals surface area contributed by atoms with Crippen molar-refractivity contribution in [2.45, 2.75) is 6.92 Å². The van der Waals surface area contributed by atoms with Gasteiger partial charge in [-0.3, -0.25) is 14.9 Å². The Morgan fingerprint density at radius 2 is 1.89 bits per heavy atom. The zero-order valence-corrected chi connectivity index (χ0v) is 9.35. The lowest BCUT2D eigenvalue weighted by atomic mass is 10.1. The van der Waals surface area contributed by atoms with Gasteiger partial charge < -0.3 is 14.5 Å². The molecule has 92 valence electrons. The Bertz CT molecular complexity index is 734. The van der Waals surface area contributed by atoms with Gasteiger partial charge in [0, 0.05) is 11.1 Å². The number of ether oxygens (including phenoxy) is 2. The lowest BCUT2D eigenvalue weighted by molar-refractivity contribution is -0.384. The predicted octanol–water partition coefficient (Wildman–Crippen LogP) is 1.47. The Kier molecular flexibility index (Phi) is 2.03. The summed E-state index contributed by atoms with van der Waals surface area (Å²) in [4.78, 5) is 24.4. The van der Waals surface area contributed by atoms with Gasteiger partial charge in [0.25, 0.3) is 0 Å². The van der Waals surface area contributed by atoms with E-state index in [2.05, 4.69) is 4.98 Å². The topological polar surface area (TPSA) is 94.5 Å². The molecule has 1 aromatic carbocycles. The van der Waals surface area contributed by atoms with Crippen molar-refractivity contribution in [1.29, 1.82) is 0 Å². The van der Waals surface area contributed by atoms with Crippen molar-refractivity contribution >= 4 is 16.5 Å². The third kappa shape index (κ3) is 1.33. The van der Waals surface area contributed by atoms with Gasteiger partial charge >= 0.3 is 11.2 Å². The Balaban J connectivity index is 2.48. The molecule has 0 unspecified atom stereocenters. The molecular weight excluding hydrogens is 240 g/mol. The molecule has 1 aliphatic rings. The maximum atomic E-state index is 11.6. The first-order valence-electron chi connectivity index (χ1n) is 5.18. The molecule has 2 aromatic rings. The van der Waals surface area contributed by atoms with Crippen LogP contribution in [0.1, 0.15) is 5.69 Å². The number of benzene rings is 1. The first kappa shape index (κ1) is 10.6. The fourth-order valence-corrected chi connectivity index (χ4v) is 2.05. The van der Waals surface area contributed by atoms with Crippen molar-refractivity contribution in [2.75, 3.05) is 6.79 Å². The number of nitrogens with one attached hydrogen (secondary N) is 1. The minimum atomic E-state index is -0.719. The number of rotatable bonds is 1. The van der Waals surface area contributed by atoms with Crippen LogP contribution in [-0.2, 0) is 0 Å². The van der Waals surface area contributed by atoms with E-state index >= 15 is 0 Å². The number of hydrogen-bond donors (Lipinski definition) is 1. The minimum absolute atomic E-state index is 0.0758. The molecule has 0 saturated heterocycles. The summed E-state index contributed by atoms with van der Waals surface area (Å²) >= 11 is 0. The molecule has 1 aliphatic heterocycles. The lowest BCUT2D eigenvalue weighted by Crippen LogP contribution is -2.13. The van der Waals surface area contributed by atoms with E-state index in [1.54, 1.807) is 13.0 Å². The number of nitro groups is 1. The Morgan fingerprint density at radius 3 is 2.50 bits per heavy atom. The molecule has 0 saturated carbocycles. The summed E-state index contributed by atoms with van der Waals surface area (Å²) < 4.78 is 10.4. The Labute approximate surface area is 100 Å². The highest BCUT2D eigenvalue weighted by Gasteiger charge is 2.23. The number of fused-ring (bicyclic) bond motifs is 2. The summed E-state index contributed by atoms with van der Waals surface area (Å²) in [5.41, 5.74) is -0.642. The zero-order chi connectivity index (χ0) is 12.9. The van der Waals surface area contributed by atoms with Crippen molar-refractivity contribution in [3.8, 4) is 11.5 Å². The van der Waals surface area contributed by atoms with Crippen LogP contribution < -0.4 is 15.0 Å². The predicted molar refractivity (Wildman–Crippen MR) is 62.1 cm³/mol. The lowest BCUT2D eigenvalue weighted by Gasteiger charge is -2.04. The first-order chi connectivity index (χ1) is 8.58. The highest BCUT2D eigenvalue weighted by Crippen LogP contribution is 2.38. The molecule has 0 atom stereocenters. The highest BCUT2D eigenvalue weighted by atomic mass is 16.7. The molecule has 0 aliphatic carbocycles. The second kappa shape index (κ2) is 3.46. The maximum Gasteiger partial charge on any atom is 0.341 e. The Morgan fingerprint density at radius 1 is 1.28 bits per heavy atom. The van der Waals surface area contributed by atoms with Crippen molar-refractivity contribution < 1.29 is 14.4 Å². The normalized spacial score (nSPS) is 12.9. The van der Waals surface area contributed by atoms with Crippen molar-refractivity contribution in [3.63, 3.8) is 0 Å². The molecule has 18 heavy (non-hydrogen) atoms. The van der Waals surface area contributed by atoms with Crippen LogP contribution in [0.5, 0.6) is 11.5 Å². The van der Waals surface area contributed by atoms with Gasteiger partial charge in [-0.1, -0.05) is 0 Å². The second-order valence-electron chi connectivity index (χ2n) is 3.94. The first-order valence-corrected chi connectivity index (χ1v) is 5.18. The number of aromatic amines is 1. The van der Waals surface area contributed by atoms with Gasteiger partial charge in [0.05, 0.1) is 10.3 Å². The average Bonchev–Trinajstić information content (AvgIpc) is 2.73. The zero-order valence-electron chi connectivity index (χ0n) is 9.35. The standard InChI is InChI=1S/C11H8N2O5/c1-5-6-2-8-9(18-4-17-8)3-7(6)10(13(15)16)11(14)12-5/h2-3H,4H2,1H3,(H,12,14). The fraction of sp³-hybridized carbons (Fsp3) is 0.182. The largest absolute Gasteiger partial charge is 0.454 e. The molecule has 0 radical (unpaired) electrons. The van der Waals surface area contributed by atoms with E-state index in [-0.39, 0.29) is 12.2 Å². The van der Waals surface area contributed by atoms with E-state index in [1.165, 1.54) is 6.07 Å². The molecule has 1 N–H and O–H groups in total. The monoisotopic (exact) mass is 248 g/mol. The molecular formula is C11H8N2O5. The van der Waals surface area contributed by atoms with Crippen molar-refractivity contribution in [1.82, 2.24) is 4.98 Å². The molecule has 2 heterocycles. The molecule has 0 fully saturated rings. The summed E-state index contributed by atoms with van der Waals surface area (Å²) in [7, 11) is 0. The maximum absolute atomic E-state index is 11.6. The summed E-state index contributed by atoms with van der Waals surface area (Å²) in [6.45, 7) is 1.75. The number of aromatic nitrogens is 1. The smallest absolute Gasteiger partial charge is 0.341 e. The summed E-state index contributed by atoms with van der Waals surface area (Å²) in [6, 6.07) is 3.11. The van der Waals surface area contributed by atoms with E-state index < -0.39 is 16.2 Å². The van der Waals surface area contributed by atoms with Crippen LogP contribution in [0, 0.1) is 17.0 Å². The van der Waals surface area contributed by atoms with Gasteiger partial charge in [-0.2, -0.15) is 0 Å². The van der Waals surface area contributed by atoms with E-state index in [1.807, 2.05) is 0 Å². The number of pyridine rings is 1. The molecule has 1 aromatic heterocycles. The summed E-state index contributed by atoms with van der Waals surface area (Å²) in [5, 5.41) is 11.8. The number of hydrogen-bond acceptors (Lipinski definition) is 5. The van der Waals surface area contributed by atoms with Crippen LogP contribution in [0.25, 0.3) is 10.8 Å². The van der Waals surface area contributed by atoms with Gasteiger partial charge in [-0.25, -0.2) is 0 Å². The van der Waals surface area contributed by atoms with Crippen molar-refractivity contribution in [2.24, 2.45) is 0 Å². The molecule has 0 bridgehead atoms. The third-order valence-corrected chi connectivity index (χ3v) is 2.87. The van der Waals surface area contributed by atoms with Crippen LogP contribution in [0.15, 0.2) is 16.9 Å². The van der Waals surface area contributed by atoms with Crippen LogP contribution in [0.4, 0.5) is 5.69 Å². The van der Waals surface area contributed by atoms with Gasteiger partial charge in [0.15, 0.2) is 11.5 Å². The van der Waals surface area contributed by atoms with Crippen LogP contribution >= 0.6 is 0 Å². The van der Waals surface area contributed by atoms with Gasteiger partial charge in [-0.05, 0) is 19.1 Å². The average molecular weight is 248 g/mol. The third-order valence-electron chi connectivity index (χ3n) is 2.87. The number of nitrogens with zero attached hydrogens (tertiary/aromatic N) is 1. The fourth-order valence-electron chi connectivity index (χ4n) is 2.05. The second-order valence-corrected chi connectivity index (χ2v) is 3.94. The summed E-state index contributed by atoms with van der Waals surface area (Å²) in [5.74, 6) is 0.933. The quantitative estimate of drug-likeness (QED) is 0.609. The van der Waals surface area contributed by atoms with E-state index in [9.17, 15) is 14.9 Å². The van der Waals surface area contributed by atoms with E-state index in [4.69, 9.17) is 9.47 Å². The van der Waals surface area contributed by atoms with E-state index in [0.717, 1.165) is 0 Å². The highest BCUT2D eigenvalue weighted by molar-refractivity contribution is 5.94. The van der Waals surface area contributed by atoms with Gasteiger partial charge in [0.2, 0.25) is 6.79 Å². The van der Waals surface area contributed by atoms with Crippen LogP contribution in [0.2, 0.25) is 0 Å². The molecule has 7 nitrogen and oxygen atoms in total. The van der Waals surface area contributed by atoms with Crippen LogP contribution in [-0.4, -0.2) is 16.7 Å². The number of aryl methyl sites for hydroxylation is 1.